The number of nitrogens with zero attached hydrogens (tertiary/aromatic N) is 1. The van der Waals surface area contributed by atoms with Gasteiger partial charge >= 0.3 is 0 Å². The first-order valence-corrected chi connectivity index (χ1v) is 16.2. The van der Waals surface area contributed by atoms with Crippen LogP contribution in [0.5, 0.6) is 23.0 Å². The lowest BCUT2D eigenvalue weighted by atomic mass is 9.99. The zero-order valence-corrected chi connectivity index (χ0v) is 25.4. The van der Waals surface area contributed by atoms with Gasteiger partial charge in [-0.3, -0.25) is 4.90 Å². The molecule has 46 heavy (non-hydrogen) atoms. The second kappa shape index (κ2) is 9.83. The maximum atomic E-state index is 6.97. The van der Waals surface area contributed by atoms with Gasteiger partial charge in [-0.05, 0) is 63.7 Å². The Kier molecular flexibility index (Phi) is 5.45. The molecule has 1 aromatic heterocycles. The van der Waals surface area contributed by atoms with Crippen LogP contribution < -0.4 is 14.4 Å². The van der Waals surface area contributed by atoms with Crippen LogP contribution in [0.3, 0.4) is 0 Å². The zero-order chi connectivity index (χ0) is 30.2. The molecular formula is C42H25NO2S. The predicted molar refractivity (Wildman–Crippen MR) is 190 cm³/mol. The van der Waals surface area contributed by atoms with E-state index in [2.05, 4.69) is 144 Å². The summed E-state index contributed by atoms with van der Waals surface area (Å²) >= 11 is 1.78. The highest BCUT2D eigenvalue weighted by molar-refractivity contribution is 7.26. The Morgan fingerprint density at radius 1 is 0.413 bits per heavy atom. The van der Waals surface area contributed by atoms with E-state index in [0.29, 0.717) is 0 Å². The van der Waals surface area contributed by atoms with E-state index in [4.69, 9.17) is 9.47 Å². The Hall–Kier alpha value is -5.84. The van der Waals surface area contributed by atoms with E-state index >= 15 is 0 Å². The summed E-state index contributed by atoms with van der Waals surface area (Å²) in [5.74, 6) is 3.29. The molecule has 3 nitrogen and oxygen atoms in total. The molecule has 4 heteroatoms. The van der Waals surface area contributed by atoms with Crippen LogP contribution in [0.25, 0.3) is 53.6 Å². The number of fused-ring (bicyclic) bond motifs is 8. The minimum absolute atomic E-state index is 0.799. The minimum Gasteiger partial charge on any atom is -0.453 e. The molecule has 0 aliphatic carbocycles. The molecule has 0 radical (unpaired) electrons. The maximum absolute atomic E-state index is 6.97. The van der Waals surface area contributed by atoms with E-state index in [1.165, 1.54) is 21.2 Å². The van der Waals surface area contributed by atoms with Crippen molar-refractivity contribution in [1.29, 1.82) is 0 Å². The summed E-state index contributed by atoms with van der Waals surface area (Å²) < 4.78 is 16.1. The fraction of sp³-hybridized carbons (Fsp3) is 0. The lowest BCUT2D eigenvalue weighted by Crippen LogP contribution is -2.20. The molecule has 10 rings (SSSR count). The average molecular weight is 608 g/mol. The van der Waals surface area contributed by atoms with Gasteiger partial charge in [0.25, 0.3) is 0 Å². The molecule has 0 unspecified atom stereocenters. The van der Waals surface area contributed by atoms with E-state index in [1.807, 2.05) is 12.1 Å². The second-order valence-electron chi connectivity index (χ2n) is 11.7. The van der Waals surface area contributed by atoms with Crippen molar-refractivity contribution in [3.63, 3.8) is 0 Å². The first kappa shape index (κ1) is 25.5. The lowest BCUT2D eigenvalue weighted by Gasteiger charge is -2.38. The van der Waals surface area contributed by atoms with Gasteiger partial charge in [0, 0.05) is 26.2 Å². The lowest BCUT2D eigenvalue weighted by molar-refractivity contribution is 0.450. The number of thiophene rings is 1. The molecule has 7 aromatic carbocycles. The minimum atomic E-state index is 0.799. The molecule has 0 spiro atoms. The molecule has 0 amide bonds. The molecular weight excluding hydrogens is 583 g/mol. The number of benzene rings is 7. The number of anilines is 3. The van der Waals surface area contributed by atoms with E-state index in [0.717, 1.165) is 72.4 Å². The summed E-state index contributed by atoms with van der Waals surface area (Å²) in [7, 11) is 0. The highest BCUT2D eigenvalue weighted by Crippen LogP contribution is 2.63. The quantitative estimate of drug-likeness (QED) is 0.199. The van der Waals surface area contributed by atoms with Gasteiger partial charge in [0.15, 0.2) is 23.0 Å². The second-order valence-corrected chi connectivity index (χ2v) is 12.8. The molecule has 0 atom stereocenters. The number of hydrogen-bond donors (Lipinski definition) is 0. The fourth-order valence-electron chi connectivity index (χ4n) is 6.85. The summed E-state index contributed by atoms with van der Waals surface area (Å²) in [5, 5.41) is 2.30. The Balaban J connectivity index is 1.21. The van der Waals surface area contributed by atoms with Crippen molar-refractivity contribution in [3.8, 4) is 56.4 Å². The number of hydrogen-bond acceptors (Lipinski definition) is 4. The number of ether oxygens (including phenoxy) is 2. The Morgan fingerprint density at radius 3 is 1.52 bits per heavy atom. The fourth-order valence-corrected chi connectivity index (χ4v) is 8.02. The number of rotatable bonds is 3. The van der Waals surface area contributed by atoms with Crippen LogP contribution in [0, 0.1) is 0 Å². The third-order valence-electron chi connectivity index (χ3n) is 9.03. The summed E-state index contributed by atoms with van der Waals surface area (Å²) in [4.78, 5) is 2.33. The van der Waals surface area contributed by atoms with E-state index in [1.54, 1.807) is 11.3 Å². The maximum Gasteiger partial charge on any atom is 0.164 e. The Labute approximate surface area is 270 Å². The van der Waals surface area contributed by atoms with Gasteiger partial charge in [0.1, 0.15) is 5.69 Å². The Bertz CT molecular complexity index is 2460. The predicted octanol–water partition coefficient (Wildman–Crippen LogP) is 12.7. The van der Waals surface area contributed by atoms with Crippen molar-refractivity contribution in [1.82, 2.24) is 0 Å². The van der Waals surface area contributed by atoms with Crippen molar-refractivity contribution in [3.05, 3.63) is 152 Å². The first-order valence-electron chi connectivity index (χ1n) is 15.4. The van der Waals surface area contributed by atoms with Gasteiger partial charge in [0.05, 0.1) is 11.4 Å². The molecule has 0 bridgehead atoms. The third kappa shape index (κ3) is 3.84. The average Bonchev–Trinajstić information content (AvgIpc) is 3.49. The SMILES string of the molecule is c1ccc(-c2ccc3c(c2)Oc2cc4sc5cc(-c6ccccc6)ccc5c4c4c2N3c2ccc(-c3ccccc3)cc2O4)cc1. The highest BCUT2D eigenvalue weighted by atomic mass is 32.1. The Morgan fingerprint density at radius 2 is 0.935 bits per heavy atom. The van der Waals surface area contributed by atoms with Gasteiger partial charge in [-0.2, -0.15) is 0 Å². The van der Waals surface area contributed by atoms with Gasteiger partial charge in [-0.1, -0.05) is 115 Å². The van der Waals surface area contributed by atoms with Crippen molar-refractivity contribution in [2.24, 2.45) is 0 Å². The molecule has 0 saturated heterocycles. The van der Waals surface area contributed by atoms with Gasteiger partial charge in [-0.15, -0.1) is 11.3 Å². The van der Waals surface area contributed by atoms with Crippen LogP contribution in [0.1, 0.15) is 0 Å². The van der Waals surface area contributed by atoms with Crippen LogP contribution in [-0.4, -0.2) is 0 Å². The molecule has 2 aliphatic heterocycles. The van der Waals surface area contributed by atoms with Crippen molar-refractivity contribution in [2.75, 3.05) is 4.90 Å². The molecule has 0 saturated carbocycles. The van der Waals surface area contributed by atoms with Gasteiger partial charge < -0.3 is 9.47 Å². The van der Waals surface area contributed by atoms with Crippen molar-refractivity contribution < 1.29 is 9.47 Å². The van der Waals surface area contributed by atoms with Crippen LogP contribution in [0.2, 0.25) is 0 Å². The molecule has 216 valence electrons. The summed E-state index contributed by atoms with van der Waals surface area (Å²) in [6.07, 6.45) is 0. The van der Waals surface area contributed by atoms with E-state index < -0.39 is 0 Å². The summed E-state index contributed by atoms with van der Waals surface area (Å²) in [6, 6.07) is 53.5. The van der Waals surface area contributed by atoms with Crippen LogP contribution in [0.15, 0.2) is 152 Å². The van der Waals surface area contributed by atoms with Gasteiger partial charge in [0.2, 0.25) is 0 Å². The van der Waals surface area contributed by atoms with Crippen LogP contribution in [0.4, 0.5) is 17.1 Å². The monoisotopic (exact) mass is 607 g/mol. The molecule has 0 fully saturated rings. The van der Waals surface area contributed by atoms with Crippen LogP contribution in [-0.2, 0) is 0 Å². The van der Waals surface area contributed by atoms with Crippen molar-refractivity contribution in [2.45, 2.75) is 0 Å². The first-order chi connectivity index (χ1) is 22.8. The molecule has 0 N–H and O–H groups in total. The standard InChI is InChI=1S/C42H25NO2S/c1-4-10-26(11-5-1)29-17-20-33-35(22-29)44-37-25-39-40(32-19-16-31(24-38(32)46-39)28-14-8-3-9-15-28)42-41(37)43(33)34-21-18-30(23-36(34)45-42)27-12-6-2-7-13-27/h1-25H. The summed E-state index contributed by atoms with van der Waals surface area (Å²) in [6.45, 7) is 0. The van der Waals surface area contributed by atoms with E-state index in [-0.39, 0.29) is 0 Å². The normalized spacial score (nSPS) is 12.7. The van der Waals surface area contributed by atoms with Crippen LogP contribution >= 0.6 is 11.3 Å². The zero-order valence-electron chi connectivity index (χ0n) is 24.6. The third-order valence-corrected chi connectivity index (χ3v) is 10.1. The largest absolute Gasteiger partial charge is 0.453 e. The molecule has 2 aliphatic rings. The highest BCUT2D eigenvalue weighted by Gasteiger charge is 2.37. The van der Waals surface area contributed by atoms with E-state index in [9.17, 15) is 0 Å². The van der Waals surface area contributed by atoms with Crippen molar-refractivity contribution >= 4 is 48.6 Å². The molecule has 8 aromatic rings. The molecule has 3 heterocycles. The van der Waals surface area contributed by atoms with Gasteiger partial charge in [-0.25, -0.2) is 0 Å². The summed E-state index contributed by atoms with van der Waals surface area (Å²) in [5.41, 5.74) is 9.90. The topological polar surface area (TPSA) is 21.7 Å². The smallest absolute Gasteiger partial charge is 0.164 e.